The minimum absolute atomic E-state index is 0.00530. The molecule has 1 saturated heterocycles. The van der Waals surface area contributed by atoms with E-state index in [0.29, 0.717) is 28.6 Å². The maximum atomic E-state index is 14.0. The Hall–Kier alpha value is -4.62. The van der Waals surface area contributed by atoms with E-state index in [-0.39, 0.29) is 52.2 Å². The summed E-state index contributed by atoms with van der Waals surface area (Å²) in [6.45, 7) is -0.297. The Labute approximate surface area is 282 Å². The number of rotatable bonds is 8. The number of carbonyl (C=O) groups is 3. The summed E-state index contributed by atoms with van der Waals surface area (Å²) >= 11 is 2.80. The summed E-state index contributed by atoms with van der Waals surface area (Å²) in [6.07, 6.45) is 0.767. The number of thioether (sulfide) groups is 1. The highest BCUT2D eigenvalue weighted by molar-refractivity contribution is 8.00. The predicted molar refractivity (Wildman–Crippen MR) is 178 cm³/mol. The second kappa shape index (κ2) is 11.8. The lowest BCUT2D eigenvalue weighted by molar-refractivity contribution is -0.123. The third kappa shape index (κ3) is 4.90. The molecule has 4 aliphatic rings. The molecule has 8 rings (SSSR count). The van der Waals surface area contributed by atoms with Gasteiger partial charge in [0, 0.05) is 21.7 Å². The predicted octanol–water partition coefficient (Wildman–Crippen LogP) is 5.29. The molecule has 2 bridgehead atoms. The normalized spacial score (nSPS) is 26.6. The topological polar surface area (TPSA) is 127 Å². The molecule has 2 aliphatic carbocycles. The van der Waals surface area contributed by atoms with Crippen LogP contribution in [0.2, 0.25) is 0 Å². The van der Waals surface area contributed by atoms with Crippen molar-refractivity contribution in [2.45, 2.75) is 22.6 Å². The lowest BCUT2D eigenvalue weighted by Crippen LogP contribution is -2.42. The molecule has 10 nitrogen and oxygen atoms in total. The van der Waals surface area contributed by atoms with Crippen molar-refractivity contribution in [3.8, 4) is 17.2 Å². The highest BCUT2D eigenvalue weighted by Crippen LogP contribution is 2.68. The molecule has 3 heterocycles. The molecule has 0 spiro atoms. The molecular formula is C35H30FN3O7S2. The van der Waals surface area contributed by atoms with E-state index < -0.39 is 23.6 Å². The largest absolute Gasteiger partial charge is 0.497 e. The van der Waals surface area contributed by atoms with E-state index >= 15 is 0 Å². The van der Waals surface area contributed by atoms with Gasteiger partial charge in [0.25, 0.3) is 5.91 Å². The second-order valence-corrected chi connectivity index (χ2v) is 14.6. The smallest absolute Gasteiger partial charge is 0.305 e. The number of hydrogen-bond donors (Lipinski definition) is 2. The molecule has 4 aromatic rings. The van der Waals surface area contributed by atoms with Crippen molar-refractivity contribution in [3.05, 3.63) is 92.7 Å². The quantitative estimate of drug-likeness (QED) is 0.240. The summed E-state index contributed by atoms with van der Waals surface area (Å²) in [5.41, 5.74) is 1.89. The molecule has 13 heteroatoms. The van der Waals surface area contributed by atoms with Crippen LogP contribution in [0, 0.1) is 35.4 Å². The van der Waals surface area contributed by atoms with Crippen LogP contribution >= 0.6 is 23.1 Å². The first kappa shape index (κ1) is 30.7. The van der Waals surface area contributed by atoms with Crippen LogP contribution in [0.1, 0.15) is 22.8 Å². The molecule has 1 aromatic heterocycles. The molecule has 0 radical (unpaired) electrons. The number of thiazole rings is 1. The van der Waals surface area contributed by atoms with Gasteiger partial charge in [0.2, 0.25) is 11.8 Å². The zero-order valence-electron chi connectivity index (χ0n) is 25.8. The lowest BCUT2D eigenvalue weighted by atomic mass is 9.68. The summed E-state index contributed by atoms with van der Waals surface area (Å²) in [5, 5.41) is 3.51. The first-order chi connectivity index (χ1) is 23.2. The van der Waals surface area contributed by atoms with Crippen LogP contribution in [0.3, 0.4) is 0 Å². The zero-order chi connectivity index (χ0) is 33.3. The van der Waals surface area contributed by atoms with Crippen molar-refractivity contribution in [3.63, 3.8) is 0 Å². The van der Waals surface area contributed by atoms with Gasteiger partial charge >= 0.3 is 4.87 Å². The average Bonchev–Trinajstić information content (AvgIpc) is 3.83. The molecule has 246 valence electrons. The van der Waals surface area contributed by atoms with E-state index in [2.05, 4.69) is 10.3 Å². The Balaban J connectivity index is 1.08. The highest BCUT2D eigenvalue weighted by atomic mass is 32.2. The van der Waals surface area contributed by atoms with Crippen LogP contribution in [0.25, 0.3) is 0 Å². The van der Waals surface area contributed by atoms with E-state index in [9.17, 15) is 23.6 Å². The monoisotopic (exact) mass is 687 g/mol. The second-order valence-electron chi connectivity index (χ2n) is 12.4. The summed E-state index contributed by atoms with van der Waals surface area (Å²) < 4.78 is 30.0. The fourth-order valence-corrected chi connectivity index (χ4v) is 11.1. The molecule has 7 atom stereocenters. The standard InChI is InChI=1S/C35H30FN3O7S2/c1-44-20-10-8-19(9-11-20)39-33(41)28-21-14-22(29(28)34(39)42)30-27(21)26(31-32(47-30)38-35(43)48-31)16-3-12-23(24(13-16)45-2)46-15-25(40)37-18-6-4-17(36)5-7-18/h3-13,21-22,26-30H,14-15H2,1-2H3,(H,37,40)(H,38,43)/t21-,22-,26-,27?,28?,29?,30?/m1/s1. The minimum Gasteiger partial charge on any atom is -0.497 e. The molecular weight excluding hydrogens is 658 g/mol. The molecule has 3 aromatic carbocycles. The molecule has 48 heavy (non-hydrogen) atoms. The van der Waals surface area contributed by atoms with E-state index in [4.69, 9.17) is 14.2 Å². The maximum Gasteiger partial charge on any atom is 0.305 e. The molecule has 2 saturated carbocycles. The van der Waals surface area contributed by atoms with Gasteiger partial charge in [0.15, 0.2) is 18.1 Å². The van der Waals surface area contributed by atoms with Crippen LogP contribution < -0.4 is 29.3 Å². The average molecular weight is 688 g/mol. The van der Waals surface area contributed by atoms with E-state index in [1.165, 1.54) is 47.6 Å². The van der Waals surface area contributed by atoms with E-state index in [0.717, 1.165) is 21.9 Å². The van der Waals surface area contributed by atoms with Crippen LogP contribution in [-0.2, 0) is 14.4 Å². The van der Waals surface area contributed by atoms with Crippen molar-refractivity contribution in [2.24, 2.45) is 29.6 Å². The molecule has 3 fully saturated rings. The van der Waals surface area contributed by atoms with Gasteiger partial charge in [0.05, 0.1) is 36.8 Å². The number of aromatic nitrogens is 1. The Morgan fingerprint density at radius 1 is 0.938 bits per heavy atom. The van der Waals surface area contributed by atoms with E-state index in [1.807, 2.05) is 12.1 Å². The number of halogens is 1. The number of nitrogens with one attached hydrogen (secondary N) is 2. The van der Waals surface area contributed by atoms with Gasteiger partial charge in [0.1, 0.15) is 11.6 Å². The van der Waals surface area contributed by atoms with Crippen molar-refractivity contribution >= 4 is 52.2 Å². The van der Waals surface area contributed by atoms with Crippen LogP contribution in [0.5, 0.6) is 17.2 Å². The number of benzene rings is 3. The molecule has 2 N–H and O–H groups in total. The molecule has 4 unspecified atom stereocenters. The van der Waals surface area contributed by atoms with E-state index in [1.54, 1.807) is 49.2 Å². The number of amides is 3. The summed E-state index contributed by atoms with van der Waals surface area (Å²) in [7, 11) is 3.08. The Kier molecular flexibility index (Phi) is 7.55. The van der Waals surface area contributed by atoms with Crippen molar-refractivity contribution in [2.75, 3.05) is 31.0 Å². The van der Waals surface area contributed by atoms with Gasteiger partial charge in [-0.3, -0.25) is 24.1 Å². The number of anilines is 2. The lowest BCUT2D eigenvalue weighted by Gasteiger charge is -2.43. The highest BCUT2D eigenvalue weighted by Gasteiger charge is 2.69. The van der Waals surface area contributed by atoms with Crippen molar-refractivity contribution < 1.29 is 33.0 Å². The number of fused-ring (bicyclic) bond motifs is 9. The number of methoxy groups -OCH3 is 2. The number of nitrogens with zero attached hydrogens (tertiary/aromatic N) is 1. The molecule has 2 aliphatic heterocycles. The first-order valence-corrected chi connectivity index (χ1v) is 17.2. The number of carbonyl (C=O) groups excluding carboxylic acids is 3. The van der Waals surface area contributed by atoms with Crippen LogP contribution in [0.15, 0.2) is 76.6 Å². The number of aromatic amines is 1. The fourth-order valence-electron chi connectivity index (χ4n) is 8.25. The van der Waals surface area contributed by atoms with Gasteiger partial charge in [-0.15, -0.1) is 11.8 Å². The number of ether oxygens (including phenoxy) is 3. The number of H-pyrrole nitrogens is 1. The van der Waals surface area contributed by atoms with Gasteiger partial charge in [-0.05, 0) is 90.4 Å². The maximum absolute atomic E-state index is 14.0. The number of imide groups is 1. The van der Waals surface area contributed by atoms with Crippen molar-refractivity contribution in [1.82, 2.24) is 4.98 Å². The van der Waals surface area contributed by atoms with Crippen molar-refractivity contribution in [1.29, 1.82) is 0 Å². The Morgan fingerprint density at radius 3 is 2.38 bits per heavy atom. The first-order valence-electron chi connectivity index (χ1n) is 15.5. The molecule has 3 amide bonds. The third-order valence-electron chi connectivity index (χ3n) is 10.1. The van der Waals surface area contributed by atoms with Gasteiger partial charge < -0.3 is 24.5 Å². The van der Waals surface area contributed by atoms with Crippen LogP contribution in [0.4, 0.5) is 15.8 Å². The third-order valence-corrected chi connectivity index (χ3v) is 12.7. The summed E-state index contributed by atoms with van der Waals surface area (Å²) in [5.74, 6) is -0.844. The Morgan fingerprint density at radius 2 is 1.67 bits per heavy atom. The fraction of sp³-hybridized carbons (Fsp3) is 0.314. The number of hydrogen-bond acceptors (Lipinski definition) is 9. The van der Waals surface area contributed by atoms with Gasteiger partial charge in [-0.25, -0.2) is 4.39 Å². The zero-order valence-corrected chi connectivity index (χ0v) is 27.4. The SMILES string of the molecule is COc1ccc(N2C(=O)C3C(C2=O)[C@@H]2C[C@H]3C3Sc4[nH]c(=O)sc4[C@H](c4ccc(OCC(=O)Nc5ccc(F)cc5)c(OC)c4)C32)cc1. The summed E-state index contributed by atoms with van der Waals surface area (Å²) in [4.78, 5) is 58.3. The van der Waals surface area contributed by atoms with Gasteiger partial charge in [-0.2, -0.15) is 0 Å². The minimum atomic E-state index is -0.435. The van der Waals surface area contributed by atoms with Gasteiger partial charge in [-0.1, -0.05) is 17.4 Å². The van der Waals surface area contributed by atoms with Crippen LogP contribution in [-0.4, -0.2) is 48.8 Å². The summed E-state index contributed by atoms with van der Waals surface area (Å²) in [6, 6.07) is 17.9. The Bertz CT molecular complexity index is 2000.